The van der Waals surface area contributed by atoms with Crippen molar-refractivity contribution in [3.8, 4) is 0 Å². The van der Waals surface area contributed by atoms with Crippen LogP contribution in [0.3, 0.4) is 0 Å². The highest BCUT2D eigenvalue weighted by Gasteiger charge is 2.12. The summed E-state index contributed by atoms with van der Waals surface area (Å²) in [5.41, 5.74) is 4.74. The van der Waals surface area contributed by atoms with E-state index in [-0.39, 0.29) is 5.91 Å². The van der Waals surface area contributed by atoms with Crippen LogP contribution in [0, 0.1) is 13.8 Å². The molecule has 6 nitrogen and oxygen atoms in total. The lowest BCUT2D eigenvalue weighted by atomic mass is 10.1. The minimum Gasteiger partial charge on any atom is -0.326 e. The molecule has 7 heteroatoms. The molecule has 0 aliphatic heterocycles. The van der Waals surface area contributed by atoms with Gasteiger partial charge in [0.05, 0.1) is 5.69 Å². The normalized spacial score (nSPS) is 11.4. The van der Waals surface area contributed by atoms with Crippen molar-refractivity contribution in [3.63, 3.8) is 0 Å². The number of hydrogen-bond donors (Lipinski definition) is 2. The molecule has 2 N–H and O–H groups in total. The second-order valence-electron chi connectivity index (χ2n) is 6.90. The zero-order valence-electron chi connectivity index (χ0n) is 17.4. The largest absolute Gasteiger partial charge is 0.326 e. The zero-order valence-corrected chi connectivity index (χ0v) is 18.2. The highest BCUT2D eigenvalue weighted by atomic mass is 35.5. The van der Waals surface area contributed by atoms with Crippen molar-refractivity contribution in [2.45, 2.75) is 33.7 Å². The molecule has 2 aromatic carbocycles. The maximum atomic E-state index is 12.7. The molecule has 1 amide bonds. The standard InChI is InChI=1S/C23H26ClN5O/c1-4-29-17(3)21(16(2)28-29)14-15-25-23(26-20-8-6-5-7-9-20)27-22(30)18-10-12-19(24)13-11-18/h5-13H,4,14-15H2,1-3H3,(H2,25,26,27,30). The summed E-state index contributed by atoms with van der Waals surface area (Å²) < 4.78 is 2.00. The number of para-hydroxylation sites is 1. The van der Waals surface area contributed by atoms with Crippen molar-refractivity contribution in [2.24, 2.45) is 4.99 Å². The summed E-state index contributed by atoms with van der Waals surface area (Å²) in [6.45, 7) is 7.54. The molecule has 3 rings (SSSR count). The molecular weight excluding hydrogens is 398 g/mol. The van der Waals surface area contributed by atoms with Gasteiger partial charge in [-0.2, -0.15) is 5.10 Å². The lowest BCUT2D eigenvalue weighted by Gasteiger charge is -2.12. The quantitative estimate of drug-likeness (QED) is 0.449. The Morgan fingerprint density at radius 2 is 1.80 bits per heavy atom. The summed E-state index contributed by atoms with van der Waals surface area (Å²) in [7, 11) is 0. The Morgan fingerprint density at radius 1 is 1.10 bits per heavy atom. The minimum atomic E-state index is -0.250. The smallest absolute Gasteiger partial charge is 0.257 e. The van der Waals surface area contributed by atoms with Gasteiger partial charge in [-0.25, -0.2) is 0 Å². The monoisotopic (exact) mass is 423 g/mol. The molecule has 0 saturated carbocycles. The SMILES string of the molecule is CCn1nc(C)c(CCN=C(NC(=O)c2ccc(Cl)cc2)Nc2ccccc2)c1C. The summed E-state index contributed by atoms with van der Waals surface area (Å²) in [5.74, 6) is 0.152. The van der Waals surface area contributed by atoms with Crippen LogP contribution in [0.5, 0.6) is 0 Å². The molecule has 0 spiro atoms. The Hall–Kier alpha value is -3.12. The highest BCUT2D eigenvalue weighted by molar-refractivity contribution is 6.30. The number of aryl methyl sites for hydroxylation is 2. The topological polar surface area (TPSA) is 71.3 Å². The van der Waals surface area contributed by atoms with Gasteiger partial charge in [0.25, 0.3) is 5.91 Å². The molecule has 1 aromatic heterocycles. The predicted molar refractivity (Wildman–Crippen MR) is 122 cm³/mol. The average Bonchev–Trinajstić information content (AvgIpc) is 3.02. The number of carbonyl (C=O) groups is 1. The molecule has 0 atom stereocenters. The molecule has 0 saturated heterocycles. The number of amides is 1. The van der Waals surface area contributed by atoms with E-state index in [1.54, 1.807) is 24.3 Å². The molecular formula is C23H26ClN5O. The van der Waals surface area contributed by atoms with Crippen molar-refractivity contribution in [1.82, 2.24) is 15.1 Å². The number of nitrogens with zero attached hydrogens (tertiary/aromatic N) is 3. The number of benzene rings is 2. The minimum absolute atomic E-state index is 0.250. The maximum absolute atomic E-state index is 12.7. The fourth-order valence-electron chi connectivity index (χ4n) is 3.23. The number of halogens is 1. The van der Waals surface area contributed by atoms with Crippen LogP contribution in [0.25, 0.3) is 0 Å². The van der Waals surface area contributed by atoms with Gasteiger partial charge in [0, 0.05) is 35.1 Å². The lowest BCUT2D eigenvalue weighted by molar-refractivity contribution is 0.0977. The molecule has 1 heterocycles. The first-order valence-corrected chi connectivity index (χ1v) is 10.3. The van der Waals surface area contributed by atoms with Gasteiger partial charge >= 0.3 is 0 Å². The summed E-state index contributed by atoms with van der Waals surface area (Å²) in [4.78, 5) is 17.3. The number of rotatable bonds is 6. The highest BCUT2D eigenvalue weighted by Crippen LogP contribution is 2.14. The maximum Gasteiger partial charge on any atom is 0.257 e. The van der Waals surface area contributed by atoms with Crippen LogP contribution in [0.2, 0.25) is 5.02 Å². The van der Waals surface area contributed by atoms with Crippen LogP contribution in [0.4, 0.5) is 5.69 Å². The van der Waals surface area contributed by atoms with E-state index in [2.05, 4.69) is 34.6 Å². The van der Waals surface area contributed by atoms with Crippen LogP contribution < -0.4 is 10.6 Å². The first-order chi connectivity index (χ1) is 14.5. The average molecular weight is 424 g/mol. The van der Waals surface area contributed by atoms with Crippen molar-refractivity contribution in [1.29, 1.82) is 0 Å². The second kappa shape index (κ2) is 10.1. The third-order valence-electron chi connectivity index (χ3n) is 4.84. The van der Waals surface area contributed by atoms with Crippen molar-refractivity contribution in [3.05, 3.63) is 82.1 Å². The zero-order chi connectivity index (χ0) is 21.5. The molecule has 3 aromatic rings. The van der Waals surface area contributed by atoms with Crippen molar-refractivity contribution >= 4 is 29.2 Å². The summed E-state index contributed by atoms with van der Waals surface area (Å²) in [5, 5.41) is 11.2. The Labute approximate surface area is 182 Å². The number of aliphatic imine (C=N–C) groups is 1. The Bertz CT molecular complexity index is 1030. The summed E-state index contributed by atoms with van der Waals surface area (Å²) >= 11 is 5.92. The summed E-state index contributed by atoms with van der Waals surface area (Å²) in [6.07, 6.45) is 0.744. The van der Waals surface area contributed by atoms with Crippen LogP contribution in [-0.4, -0.2) is 28.2 Å². The molecule has 0 fully saturated rings. The first kappa shape index (κ1) is 21.6. The predicted octanol–water partition coefficient (Wildman–Crippen LogP) is 4.61. The van der Waals surface area contributed by atoms with Gasteiger partial charge < -0.3 is 5.32 Å². The third-order valence-corrected chi connectivity index (χ3v) is 5.09. The number of aromatic nitrogens is 2. The van der Waals surface area contributed by atoms with Gasteiger partial charge in [0.2, 0.25) is 5.96 Å². The van der Waals surface area contributed by atoms with Crippen LogP contribution in [0.15, 0.2) is 59.6 Å². The van der Waals surface area contributed by atoms with E-state index in [0.29, 0.717) is 23.1 Å². The number of guanidine groups is 1. The summed E-state index contributed by atoms with van der Waals surface area (Å²) in [6, 6.07) is 16.4. The van der Waals surface area contributed by atoms with Gasteiger partial charge in [0.15, 0.2) is 0 Å². The Kier molecular flexibility index (Phi) is 7.25. The van der Waals surface area contributed by atoms with Crippen LogP contribution >= 0.6 is 11.6 Å². The van der Waals surface area contributed by atoms with Gasteiger partial charge in [-0.05, 0) is 69.2 Å². The first-order valence-electron chi connectivity index (χ1n) is 9.94. The van der Waals surface area contributed by atoms with Gasteiger partial charge in [-0.15, -0.1) is 0 Å². The van der Waals surface area contributed by atoms with E-state index in [9.17, 15) is 4.79 Å². The number of carbonyl (C=O) groups excluding carboxylic acids is 1. The van der Waals surface area contributed by atoms with Gasteiger partial charge in [-0.1, -0.05) is 29.8 Å². The Balaban J connectivity index is 1.75. The molecule has 0 unspecified atom stereocenters. The fraction of sp³-hybridized carbons (Fsp3) is 0.261. The van der Waals surface area contributed by atoms with Crippen molar-refractivity contribution in [2.75, 3.05) is 11.9 Å². The molecule has 0 aliphatic carbocycles. The lowest BCUT2D eigenvalue weighted by Crippen LogP contribution is -2.36. The number of hydrogen-bond acceptors (Lipinski definition) is 3. The molecule has 0 aliphatic rings. The molecule has 0 bridgehead atoms. The molecule has 0 radical (unpaired) electrons. The van der Waals surface area contributed by atoms with Crippen LogP contribution in [0.1, 0.15) is 34.2 Å². The van der Waals surface area contributed by atoms with E-state index < -0.39 is 0 Å². The van der Waals surface area contributed by atoms with E-state index in [4.69, 9.17) is 11.6 Å². The van der Waals surface area contributed by atoms with E-state index in [0.717, 1.165) is 30.0 Å². The van der Waals surface area contributed by atoms with Crippen molar-refractivity contribution < 1.29 is 4.79 Å². The number of anilines is 1. The van der Waals surface area contributed by atoms with E-state index in [1.165, 1.54) is 5.56 Å². The number of nitrogens with one attached hydrogen (secondary N) is 2. The van der Waals surface area contributed by atoms with E-state index in [1.807, 2.05) is 41.9 Å². The van der Waals surface area contributed by atoms with E-state index >= 15 is 0 Å². The van der Waals surface area contributed by atoms with Crippen LogP contribution in [-0.2, 0) is 13.0 Å². The molecule has 156 valence electrons. The Morgan fingerprint density at radius 3 is 2.43 bits per heavy atom. The second-order valence-corrected chi connectivity index (χ2v) is 7.33. The van der Waals surface area contributed by atoms with Gasteiger partial charge in [0.1, 0.15) is 0 Å². The third kappa shape index (κ3) is 5.48. The molecule has 30 heavy (non-hydrogen) atoms. The van der Waals surface area contributed by atoms with Gasteiger partial charge in [-0.3, -0.25) is 19.8 Å². The fourth-order valence-corrected chi connectivity index (χ4v) is 3.36.